The maximum atomic E-state index is 3.55. The monoisotopic (exact) mass is 244 g/mol. The third-order valence-corrected chi connectivity index (χ3v) is 4.65. The Labute approximate surface area is 110 Å². The van der Waals surface area contributed by atoms with E-state index in [-0.39, 0.29) is 0 Å². The number of piperidine rings is 1. The van der Waals surface area contributed by atoms with E-state index in [1.807, 2.05) is 0 Å². The lowest BCUT2D eigenvalue weighted by atomic mass is 9.85. The second-order valence-electron chi connectivity index (χ2n) is 5.74. The van der Waals surface area contributed by atoms with Gasteiger partial charge in [0.1, 0.15) is 0 Å². The number of hydrogen-bond donors (Lipinski definition) is 2. The number of hydrogen-bond acceptors (Lipinski definition) is 2. The summed E-state index contributed by atoms with van der Waals surface area (Å²) in [6.07, 6.45) is 6.50. The van der Waals surface area contributed by atoms with Gasteiger partial charge in [-0.3, -0.25) is 0 Å². The maximum absolute atomic E-state index is 3.55. The normalized spacial score (nSPS) is 21.8. The van der Waals surface area contributed by atoms with Crippen LogP contribution in [-0.4, -0.2) is 20.1 Å². The van der Waals surface area contributed by atoms with E-state index in [0.717, 1.165) is 5.92 Å². The van der Waals surface area contributed by atoms with E-state index in [1.54, 1.807) is 11.1 Å². The van der Waals surface area contributed by atoms with Gasteiger partial charge in [0.2, 0.25) is 0 Å². The van der Waals surface area contributed by atoms with Crippen LogP contribution in [0.2, 0.25) is 0 Å². The highest BCUT2D eigenvalue weighted by molar-refractivity contribution is 5.36. The molecule has 1 fully saturated rings. The Morgan fingerprint density at radius 3 is 2.72 bits per heavy atom. The average molecular weight is 244 g/mol. The standard InChI is InChI=1S/C16H24N2/c1-17-16(13-7-9-18-10-8-13)15-6-5-12-3-2-4-14(12)11-15/h5-6,11,13,16-18H,2-4,7-10H2,1H3. The third-order valence-electron chi connectivity index (χ3n) is 4.65. The fourth-order valence-electron chi connectivity index (χ4n) is 3.64. The van der Waals surface area contributed by atoms with Crippen molar-refractivity contribution < 1.29 is 0 Å². The van der Waals surface area contributed by atoms with Gasteiger partial charge < -0.3 is 10.6 Å². The lowest BCUT2D eigenvalue weighted by molar-refractivity contribution is 0.294. The first-order valence-corrected chi connectivity index (χ1v) is 7.38. The zero-order valence-electron chi connectivity index (χ0n) is 11.3. The van der Waals surface area contributed by atoms with Crippen molar-refractivity contribution in [2.45, 2.75) is 38.1 Å². The predicted octanol–water partition coefficient (Wildman–Crippen LogP) is 2.44. The maximum Gasteiger partial charge on any atom is 0.0347 e. The Morgan fingerprint density at radius 2 is 1.94 bits per heavy atom. The molecule has 0 radical (unpaired) electrons. The van der Waals surface area contributed by atoms with Crippen molar-refractivity contribution in [3.05, 3.63) is 34.9 Å². The molecule has 2 N–H and O–H groups in total. The third kappa shape index (κ3) is 2.32. The highest BCUT2D eigenvalue weighted by atomic mass is 14.9. The van der Waals surface area contributed by atoms with Crippen molar-refractivity contribution in [3.63, 3.8) is 0 Å². The predicted molar refractivity (Wildman–Crippen MR) is 75.9 cm³/mol. The van der Waals surface area contributed by atoms with E-state index in [1.165, 1.54) is 50.8 Å². The molecule has 2 aliphatic rings. The SMILES string of the molecule is CNC(c1ccc2c(c1)CCC2)C1CCNCC1. The molecule has 18 heavy (non-hydrogen) atoms. The lowest BCUT2D eigenvalue weighted by Gasteiger charge is -2.31. The summed E-state index contributed by atoms with van der Waals surface area (Å²) in [6.45, 7) is 2.35. The summed E-state index contributed by atoms with van der Waals surface area (Å²) in [6, 6.07) is 7.72. The molecular formula is C16H24N2. The van der Waals surface area contributed by atoms with Gasteiger partial charge in [0, 0.05) is 6.04 Å². The number of aryl methyl sites for hydroxylation is 2. The molecule has 0 saturated carbocycles. The molecular weight excluding hydrogens is 220 g/mol. The summed E-state index contributed by atoms with van der Waals surface area (Å²) in [4.78, 5) is 0. The zero-order valence-corrected chi connectivity index (χ0v) is 11.3. The molecule has 1 saturated heterocycles. The van der Waals surface area contributed by atoms with Crippen LogP contribution in [0.25, 0.3) is 0 Å². The Balaban J connectivity index is 1.82. The van der Waals surface area contributed by atoms with Crippen LogP contribution in [0.1, 0.15) is 42.0 Å². The second kappa shape index (κ2) is 5.41. The number of nitrogens with one attached hydrogen (secondary N) is 2. The molecule has 1 unspecified atom stereocenters. The highest BCUT2D eigenvalue weighted by Crippen LogP contribution is 2.31. The Bertz CT molecular complexity index is 408. The zero-order chi connectivity index (χ0) is 12.4. The van der Waals surface area contributed by atoms with Gasteiger partial charge in [-0.1, -0.05) is 18.2 Å². The minimum Gasteiger partial charge on any atom is -0.317 e. The van der Waals surface area contributed by atoms with Crippen molar-refractivity contribution in [3.8, 4) is 0 Å². The summed E-state index contributed by atoms with van der Waals surface area (Å²) >= 11 is 0. The van der Waals surface area contributed by atoms with Crippen LogP contribution >= 0.6 is 0 Å². The number of benzene rings is 1. The lowest BCUT2D eigenvalue weighted by Crippen LogP contribution is -2.35. The van der Waals surface area contributed by atoms with Gasteiger partial charge >= 0.3 is 0 Å². The number of rotatable bonds is 3. The van der Waals surface area contributed by atoms with Crippen LogP contribution in [0.5, 0.6) is 0 Å². The topological polar surface area (TPSA) is 24.1 Å². The quantitative estimate of drug-likeness (QED) is 0.853. The first-order valence-electron chi connectivity index (χ1n) is 7.38. The van der Waals surface area contributed by atoms with E-state index >= 15 is 0 Å². The minimum atomic E-state index is 0.540. The molecule has 1 aliphatic carbocycles. The Hall–Kier alpha value is -0.860. The minimum absolute atomic E-state index is 0.540. The summed E-state index contributed by atoms with van der Waals surface area (Å²) in [7, 11) is 2.11. The Kier molecular flexibility index (Phi) is 3.67. The van der Waals surface area contributed by atoms with E-state index < -0.39 is 0 Å². The van der Waals surface area contributed by atoms with Crippen LogP contribution in [0.4, 0.5) is 0 Å². The molecule has 1 aromatic carbocycles. The molecule has 1 aromatic rings. The summed E-state index contributed by atoms with van der Waals surface area (Å²) < 4.78 is 0. The molecule has 0 spiro atoms. The largest absolute Gasteiger partial charge is 0.317 e. The van der Waals surface area contributed by atoms with E-state index in [0.29, 0.717) is 6.04 Å². The highest BCUT2D eigenvalue weighted by Gasteiger charge is 2.24. The van der Waals surface area contributed by atoms with Crippen molar-refractivity contribution in [1.29, 1.82) is 0 Å². The van der Waals surface area contributed by atoms with Gasteiger partial charge in [-0.25, -0.2) is 0 Å². The Morgan fingerprint density at radius 1 is 1.17 bits per heavy atom. The van der Waals surface area contributed by atoms with Gasteiger partial charge in [-0.05, 0) is 74.8 Å². The fourth-order valence-corrected chi connectivity index (χ4v) is 3.64. The number of fused-ring (bicyclic) bond motifs is 1. The van der Waals surface area contributed by atoms with Gasteiger partial charge in [0.25, 0.3) is 0 Å². The van der Waals surface area contributed by atoms with Gasteiger partial charge in [0.05, 0.1) is 0 Å². The van der Waals surface area contributed by atoms with E-state index in [9.17, 15) is 0 Å². The molecule has 3 rings (SSSR count). The molecule has 1 aliphatic heterocycles. The van der Waals surface area contributed by atoms with Crippen LogP contribution in [0.15, 0.2) is 18.2 Å². The molecule has 98 valence electrons. The molecule has 0 bridgehead atoms. The summed E-state index contributed by atoms with van der Waals surface area (Å²) in [5.74, 6) is 0.788. The van der Waals surface area contributed by atoms with Gasteiger partial charge in [-0.15, -0.1) is 0 Å². The molecule has 1 heterocycles. The first kappa shape index (κ1) is 12.2. The van der Waals surface area contributed by atoms with E-state index in [4.69, 9.17) is 0 Å². The van der Waals surface area contributed by atoms with Crippen molar-refractivity contribution in [2.24, 2.45) is 5.92 Å². The first-order chi connectivity index (χ1) is 8.88. The van der Waals surface area contributed by atoms with E-state index in [2.05, 4.69) is 35.9 Å². The fraction of sp³-hybridized carbons (Fsp3) is 0.625. The van der Waals surface area contributed by atoms with Gasteiger partial charge in [-0.2, -0.15) is 0 Å². The van der Waals surface area contributed by atoms with Crippen molar-refractivity contribution in [2.75, 3.05) is 20.1 Å². The molecule has 0 aromatic heterocycles. The summed E-state index contributed by atoms with van der Waals surface area (Å²) in [5, 5.41) is 7.01. The van der Waals surface area contributed by atoms with Crippen LogP contribution in [0.3, 0.4) is 0 Å². The van der Waals surface area contributed by atoms with Crippen LogP contribution in [-0.2, 0) is 12.8 Å². The second-order valence-corrected chi connectivity index (χ2v) is 5.74. The van der Waals surface area contributed by atoms with Crippen LogP contribution < -0.4 is 10.6 Å². The van der Waals surface area contributed by atoms with Crippen molar-refractivity contribution >= 4 is 0 Å². The molecule has 0 amide bonds. The average Bonchev–Trinajstić information content (AvgIpc) is 2.88. The summed E-state index contributed by atoms with van der Waals surface area (Å²) in [5.41, 5.74) is 4.69. The van der Waals surface area contributed by atoms with Crippen LogP contribution in [0, 0.1) is 5.92 Å². The van der Waals surface area contributed by atoms with Gasteiger partial charge in [0.15, 0.2) is 0 Å². The molecule has 2 nitrogen and oxygen atoms in total. The van der Waals surface area contributed by atoms with Crippen molar-refractivity contribution in [1.82, 2.24) is 10.6 Å². The molecule has 1 atom stereocenters. The smallest absolute Gasteiger partial charge is 0.0347 e. The molecule has 2 heteroatoms.